The fraction of sp³-hybridized carbons (Fsp3) is 0.846. The number of nitrogens with zero attached hydrogens (tertiary/aromatic N) is 2. The van der Waals surface area contributed by atoms with Gasteiger partial charge in [0.15, 0.2) is 22.3 Å². The van der Waals surface area contributed by atoms with Gasteiger partial charge in [-0.3, -0.25) is 4.79 Å². The summed E-state index contributed by atoms with van der Waals surface area (Å²) in [5.41, 5.74) is 0.879. The van der Waals surface area contributed by atoms with Crippen LogP contribution in [0.5, 0.6) is 0 Å². The molecule has 0 bridgehead atoms. The monoisotopic (exact) mass is 282 g/mol. The maximum absolute atomic E-state index is 12.0. The lowest BCUT2D eigenvalue weighted by Crippen LogP contribution is -2.62. The Hall–Kier alpha value is -0.426. The maximum atomic E-state index is 12.0. The fourth-order valence-corrected chi connectivity index (χ4v) is 14.2. The standard InChI is InChI=1S/C13H26N2OSi2/c1-17(2)10-7-11-18(3,4)15(17)14-12-8-5-6-9-13(12)16/h5-11H2,1-4H3. The summed E-state index contributed by atoms with van der Waals surface area (Å²) in [7, 11) is -2.83. The van der Waals surface area contributed by atoms with Gasteiger partial charge in [-0.15, -0.1) is 0 Å². The van der Waals surface area contributed by atoms with Gasteiger partial charge in [-0.2, -0.15) is 5.10 Å². The van der Waals surface area contributed by atoms with Crippen LogP contribution in [0.4, 0.5) is 0 Å². The molecule has 0 N–H and O–H groups in total. The molecule has 1 saturated carbocycles. The molecule has 0 aromatic carbocycles. The summed E-state index contributed by atoms with van der Waals surface area (Å²) in [6.07, 6.45) is 5.19. The Morgan fingerprint density at radius 1 is 0.944 bits per heavy atom. The van der Waals surface area contributed by atoms with Gasteiger partial charge in [-0.05, 0) is 31.4 Å². The van der Waals surface area contributed by atoms with Crippen LogP contribution in [-0.2, 0) is 4.79 Å². The molecule has 0 aromatic rings. The first kappa shape index (κ1) is 14.0. The lowest BCUT2D eigenvalue weighted by molar-refractivity contribution is -0.113. The smallest absolute Gasteiger partial charge is 0.178 e. The van der Waals surface area contributed by atoms with E-state index in [4.69, 9.17) is 5.10 Å². The van der Waals surface area contributed by atoms with Crippen LogP contribution in [0.15, 0.2) is 5.10 Å². The van der Waals surface area contributed by atoms with Gasteiger partial charge in [0, 0.05) is 6.42 Å². The van der Waals surface area contributed by atoms with Crippen molar-refractivity contribution in [1.82, 2.24) is 4.34 Å². The van der Waals surface area contributed by atoms with Crippen LogP contribution >= 0.6 is 0 Å². The normalized spacial score (nSPS) is 29.7. The minimum absolute atomic E-state index is 0.307. The highest BCUT2D eigenvalue weighted by atomic mass is 28.4. The zero-order valence-electron chi connectivity index (χ0n) is 12.3. The predicted octanol–water partition coefficient (Wildman–Crippen LogP) is 3.60. The van der Waals surface area contributed by atoms with Gasteiger partial charge < -0.3 is 4.34 Å². The second kappa shape index (κ2) is 4.92. The van der Waals surface area contributed by atoms with E-state index in [0.29, 0.717) is 5.78 Å². The molecule has 0 atom stereocenters. The Bertz CT molecular complexity index is 361. The number of Topliss-reactive ketones (excluding diaryl/α,β-unsaturated/α-hetero) is 1. The topological polar surface area (TPSA) is 32.7 Å². The van der Waals surface area contributed by atoms with Gasteiger partial charge in [0.2, 0.25) is 0 Å². The third kappa shape index (κ3) is 2.77. The lowest BCUT2D eigenvalue weighted by Gasteiger charge is -2.49. The molecule has 1 aliphatic heterocycles. The van der Waals surface area contributed by atoms with Crippen molar-refractivity contribution in [2.75, 3.05) is 0 Å². The van der Waals surface area contributed by atoms with Gasteiger partial charge in [-0.1, -0.05) is 32.6 Å². The minimum Gasteiger partial charge on any atom is -0.349 e. The van der Waals surface area contributed by atoms with E-state index in [0.717, 1.165) is 31.4 Å². The molecule has 5 heteroatoms. The highest BCUT2D eigenvalue weighted by molar-refractivity contribution is 6.91. The van der Waals surface area contributed by atoms with Crippen LogP contribution in [0.25, 0.3) is 0 Å². The average molecular weight is 283 g/mol. The van der Waals surface area contributed by atoms with Gasteiger partial charge in [0.1, 0.15) is 5.71 Å². The first-order valence-corrected chi connectivity index (χ1v) is 13.5. The van der Waals surface area contributed by atoms with Crippen molar-refractivity contribution in [1.29, 1.82) is 0 Å². The first-order valence-electron chi connectivity index (χ1n) is 7.24. The van der Waals surface area contributed by atoms with Crippen molar-refractivity contribution < 1.29 is 4.79 Å². The summed E-state index contributed by atoms with van der Waals surface area (Å²) < 4.78 is 2.49. The largest absolute Gasteiger partial charge is 0.349 e. The molecule has 102 valence electrons. The van der Waals surface area contributed by atoms with Crippen LogP contribution in [0.1, 0.15) is 32.1 Å². The second-order valence-electron chi connectivity index (χ2n) is 6.97. The van der Waals surface area contributed by atoms with E-state index in [1.807, 2.05) is 0 Å². The zero-order valence-corrected chi connectivity index (χ0v) is 14.3. The van der Waals surface area contributed by atoms with Gasteiger partial charge in [0.25, 0.3) is 0 Å². The molecule has 0 aromatic heterocycles. The number of carbonyl (C=O) groups is 1. The molecule has 3 nitrogen and oxygen atoms in total. The van der Waals surface area contributed by atoms with E-state index in [9.17, 15) is 4.79 Å². The number of rotatable bonds is 1. The summed E-state index contributed by atoms with van der Waals surface area (Å²) in [5, 5.41) is 4.91. The van der Waals surface area contributed by atoms with Crippen molar-refractivity contribution in [3.8, 4) is 0 Å². The van der Waals surface area contributed by atoms with Gasteiger partial charge in [0.05, 0.1) is 0 Å². The predicted molar refractivity (Wildman–Crippen MR) is 81.9 cm³/mol. The zero-order chi connectivity index (χ0) is 13.4. The van der Waals surface area contributed by atoms with Crippen molar-refractivity contribution >= 4 is 28.0 Å². The minimum atomic E-state index is -1.41. The summed E-state index contributed by atoms with van der Waals surface area (Å²) in [6.45, 7) is 9.66. The highest BCUT2D eigenvalue weighted by Gasteiger charge is 2.44. The van der Waals surface area contributed by atoms with Gasteiger partial charge >= 0.3 is 0 Å². The van der Waals surface area contributed by atoms with Crippen molar-refractivity contribution in [3.63, 3.8) is 0 Å². The molecule has 2 aliphatic rings. The van der Waals surface area contributed by atoms with E-state index in [1.54, 1.807) is 0 Å². The summed E-state index contributed by atoms with van der Waals surface area (Å²) >= 11 is 0. The van der Waals surface area contributed by atoms with Crippen molar-refractivity contribution in [2.45, 2.75) is 70.4 Å². The molecule has 1 aliphatic carbocycles. The summed E-state index contributed by atoms with van der Waals surface area (Å²) in [4.78, 5) is 12.0. The number of ketones is 1. The van der Waals surface area contributed by atoms with Crippen LogP contribution in [0.3, 0.4) is 0 Å². The lowest BCUT2D eigenvalue weighted by atomic mass is 9.97. The Morgan fingerprint density at radius 2 is 1.50 bits per heavy atom. The van der Waals surface area contributed by atoms with Crippen LogP contribution < -0.4 is 0 Å². The molecule has 2 rings (SSSR count). The van der Waals surface area contributed by atoms with E-state index < -0.39 is 16.5 Å². The van der Waals surface area contributed by atoms with Crippen molar-refractivity contribution in [2.24, 2.45) is 5.10 Å². The molecule has 0 radical (unpaired) electrons. The average Bonchev–Trinajstić information content (AvgIpc) is 2.25. The van der Waals surface area contributed by atoms with Crippen LogP contribution in [0.2, 0.25) is 38.3 Å². The van der Waals surface area contributed by atoms with Crippen LogP contribution in [-0.4, -0.2) is 32.3 Å². The molecule has 0 amide bonds. The molecule has 0 spiro atoms. The number of carbonyl (C=O) groups excluding carboxylic acids is 1. The molecule has 1 heterocycles. The third-order valence-corrected chi connectivity index (χ3v) is 13.6. The molecule has 18 heavy (non-hydrogen) atoms. The summed E-state index contributed by atoms with van der Waals surface area (Å²) in [6, 6.07) is 2.66. The first-order chi connectivity index (χ1) is 8.33. The Labute approximate surface area is 113 Å². The van der Waals surface area contributed by atoms with E-state index >= 15 is 0 Å². The summed E-state index contributed by atoms with van der Waals surface area (Å²) in [5.74, 6) is 0.307. The number of hydrogen-bond donors (Lipinski definition) is 0. The molecular formula is C13H26N2OSi2. The molecular weight excluding hydrogens is 256 g/mol. The highest BCUT2D eigenvalue weighted by Crippen LogP contribution is 2.35. The Morgan fingerprint density at radius 3 is 2.06 bits per heavy atom. The Balaban J connectivity index is 2.28. The SMILES string of the molecule is C[Si]1(C)CCC[Si](C)(C)N1N=C1CCCCC1=O. The number of hydrogen-bond acceptors (Lipinski definition) is 3. The van der Waals surface area contributed by atoms with E-state index in [2.05, 4.69) is 30.5 Å². The number of hydrazone groups is 1. The fourth-order valence-electron chi connectivity index (χ4n) is 3.34. The molecule has 1 saturated heterocycles. The maximum Gasteiger partial charge on any atom is 0.178 e. The molecule has 0 unspecified atom stereocenters. The third-order valence-electron chi connectivity index (χ3n) is 4.33. The Kier molecular flexibility index (Phi) is 3.83. The van der Waals surface area contributed by atoms with Gasteiger partial charge in [-0.25, -0.2) is 0 Å². The molecule has 2 fully saturated rings. The van der Waals surface area contributed by atoms with E-state index in [-0.39, 0.29) is 0 Å². The van der Waals surface area contributed by atoms with E-state index in [1.165, 1.54) is 18.5 Å². The van der Waals surface area contributed by atoms with Crippen LogP contribution in [0, 0.1) is 0 Å². The second-order valence-corrected chi connectivity index (χ2v) is 16.5. The van der Waals surface area contributed by atoms with Crippen molar-refractivity contribution in [3.05, 3.63) is 0 Å². The quantitative estimate of drug-likeness (QED) is 0.688.